The maximum absolute atomic E-state index is 11.7. The van der Waals surface area contributed by atoms with Gasteiger partial charge in [0.25, 0.3) is 0 Å². The van der Waals surface area contributed by atoms with Gasteiger partial charge in [-0.05, 0) is 64.9 Å². The van der Waals surface area contributed by atoms with Crippen molar-refractivity contribution >= 4 is 17.6 Å². The number of H-pyrrole nitrogens is 1. The Labute approximate surface area is 151 Å². The van der Waals surface area contributed by atoms with E-state index in [0.717, 1.165) is 40.8 Å². The SMILES string of the molecule is COC(=O)c1cc2c([nH]1)CCC2=Cc1cccc(-c2ccc(O)cc2)c1. The second kappa shape index (κ2) is 6.56. The summed E-state index contributed by atoms with van der Waals surface area (Å²) >= 11 is 0. The molecule has 130 valence electrons. The van der Waals surface area contributed by atoms with Crippen LogP contribution in [-0.2, 0) is 11.2 Å². The van der Waals surface area contributed by atoms with Crippen LogP contribution in [0.25, 0.3) is 22.8 Å². The lowest BCUT2D eigenvalue weighted by Crippen LogP contribution is -2.01. The second-order valence-electron chi connectivity index (χ2n) is 6.41. The summed E-state index contributed by atoms with van der Waals surface area (Å²) in [6.45, 7) is 0. The topological polar surface area (TPSA) is 62.3 Å². The predicted octanol–water partition coefficient (Wildman–Crippen LogP) is 4.66. The normalized spacial score (nSPS) is 14.4. The number of esters is 1. The van der Waals surface area contributed by atoms with Crippen molar-refractivity contribution in [1.82, 2.24) is 4.98 Å². The summed E-state index contributed by atoms with van der Waals surface area (Å²) < 4.78 is 4.79. The van der Waals surface area contributed by atoms with Crippen LogP contribution in [-0.4, -0.2) is 23.2 Å². The zero-order valence-corrected chi connectivity index (χ0v) is 14.5. The number of rotatable bonds is 3. The van der Waals surface area contributed by atoms with Gasteiger partial charge in [-0.1, -0.05) is 36.4 Å². The minimum Gasteiger partial charge on any atom is -0.508 e. The van der Waals surface area contributed by atoms with E-state index in [2.05, 4.69) is 29.3 Å². The van der Waals surface area contributed by atoms with Gasteiger partial charge in [0.2, 0.25) is 0 Å². The number of hydrogen-bond acceptors (Lipinski definition) is 3. The summed E-state index contributed by atoms with van der Waals surface area (Å²) in [5, 5.41) is 9.45. The zero-order chi connectivity index (χ0) is 18.1. The molecule has 0 aliphatic heterocycles. The third-order valence-electron chi connectivity index (χ3n) is 4.72. The fourth-order valence-electron chi connectivity index (χ4n) is 3.41. The number of allylic oxidation sites excluding steroid dienone is 1. The average Bonchev–Trinajstić information content (AvgIpc) is 3.24. The largest absolute Gasteiger partial charge is 0.508 e. The molecule has 0 saturated heterocycles. The van der Waals surface area contributed by atoms with Crippen molar-refractivity contribution in [2.45, 2.75) is 12.8 Å². The van der Waals surface area contributed by atoms with E-state index in [4.69, 9.17) is 4.74 Å². The molecule has 0 radical (unpaired) electrons. The summed E-state index contributed by atoms with van der Waals surface area (Å²) in [5.41, 5.74) is 7.17. The second-order valence-corrected chi connectivity index (χ2v) is 6.41. The number of phenols is 1. The number of methoxy groups -OCH3 is 1. The first kappa shape index (κ1) is 16.2. The van der Waals surface area contributed by atoms with E-state index in [0.29, 0.717) is 5.69 Å². The molecule has 0 saturated carbocycles. The Kier molecular flexibility index (Phi) is 4.09. The first-order valence-electron chi connectivity index (χ1n) is 8.54. The van der Waals surface area contributed by atoms with E-state index in [1.165, 1.54) is 12.7 Å². The van der Waals surface area contributed by atoms with Gasteiger partial charge in [-0.25, -0.2) is 4.79 Å². The smallest absolute Gasteiger partial charge is 0.354 e. The van der Waals surface area contributed by atoms with Crippen LogP contribution in [0.3, 0.4) is 0 Å². The van der Waals surface area contributed by atoms with Crippen LogP contribution >= 0.6 is 0 Å². The molecule has 0 amide bonds. The van der Waals surface area contributed by atoms with Gasteiger partial charge in [-0.2, -0.15) is 0 Å². The van der Waals surface area contributed by atoms with E-state index >= 15 is 0 Å². The molecule has 0 spiro atoms. The fraction of sp³-hybridized carbons (Fsp3) is 0.136. The van der Waals surface area contributed by atoms with Gasteiger partial charge in [-0.3, -0.25) is 0 Å². The maximum Gasteiger partial charge on any atom is 0.354 e. The molecule has 1 heterocycles. The number of nitrogens with one attached hydrogen (secondary N) is 1. The summed E-state index contributed by atoms with van der Waals surface area (Å²) in [6, 6.07) is 17.4. The molecule has 1 aliphatic carbocycles. The molecule has 4 rings (SSSR count). The van der Waals surface area contributed by atoms with Gasteiger partial charge in [0, 0.05) is 5.69 Å². The molecule has 0 unspecified atom stereocenters. The summed E-state index contributed by atoms with van der Waals surface area (Å²) in [6.07, 6.45) is 4.02. The van der Waals surface area contributed by atoms with Gasteiger partial charge < -0.3 is 14.8 Å². The Morgan fingerprint density at radius 1 is 1.08 bits per heavy atom. The van der Waals surface area contributed by atoms with Crippen molar-refractivity contribution in [3.63, 3.8) is 0 Å². The maximum atomic E-state index is 11.7. The minimum atomic E-state index is -0.340. The molecule has 2 N–H and O–H groups in total. The number of aromatic amines is 1. The monoisotopic (exact) mass is 345 g/mol. The highest BCUT2D eigenvalue weighted by atomic mass is 16.5. The molecule has 26 heavy (non-hydrogen) atoms. The molecule has 1 aromatic heterocycles. The van der Waals surface area contributed by atoms with Crippen LogP contribution in [0.1, 0.15) is 33.7 Å². The highest BCUT2D eigenvalue weighted by molar-refractivity contribution is 5.92. The fourth-order valence-corrected chi connectivity index (χ4v) is 3.41. The van der Waals surface area contributed by atoms with E-state index < -0.39 is 0 Å². The number of fused-ring (bicyclic) bond motifs is 1. The van der Waals surface area contributed by atoms with E-state index in [1.807, 2.05) is 24.3 Å². The van der Waals surface area contributed by atoms with Gasteiger partial charge in [0.1, 0.15) is 11.4 Å². The number of carbonyl (C=O) groups is 1. The summed E-state index contributed by atoms with van der Waals surface area (Å²) in [7, 11) is 1.39. The summed E-state index contributed by atoms with van der Waals surface area (Å²) in [4.78, 5) is 14.9. The van der Waals surface area contributed by atoms with Gasteiger partial charge in [-0.15, -0.1) is 0 Å². The standard InChI is InChI=1S/C22H19NO3/c1-26-22(25)21-13-19-17(7-10-20(19)23-21)12-14-3-2-4-16(11-14)15-5-8-18(24)9-6-15/h2-6,8-9,11-13,23-24H,7,10H2,1H3. The van der Waals surface area contributed by atoms with Gasteiger partial charge >= 0.3 is 5.97 Å². The highest BCUT2D eigenvalue weighted by Gasteiger charge is 2.21. The lowest BCUT2D eigenvalue weighted by Gasteiger charge is -2.05. The quantitative estimate of drug-likeness (QED) is 0.679. The van der Waals surface area contributed by atoms with Crippen LogP contribution in [0.15, 0.2) is 54.6 Å². The number of ether oxygens (including phenoxy) is 1. The van der Waals surface area contributed by atoms with Crippen molar-refractivity contribution in [3.8, 4) is 16.9 Å². The van der Waals surface area contributed by atoms with Crippen LogP contribution in [0.4, 0.5) is 0 Å². The summed E-state index contributed by atoms with van der Waals surface area (Å²) in [5.74, 6) is -0.0764. The Balaban J connectivity index is 1.66. The Hall–Kier alpha value is -3.27. The molecule has 2 aromatic carbocycles. The van der Waals surface area contributed by atoms with E-state index in [9.17, 15) is 9.90 Å². The molecular weight excluding hydrogens is 326 g/mol. The van der Waals surface area contributed by atoms with Gasteiger partial charge in [0.15, 0.2) is 0 Å². The number of hydrogen-bond donors (Lipinski definition) is 2. The minimum absolute atomic E-state index is 0.263. The van der Waals surface area contributed by atoms with Crippen LogP contribution in [0.5, 0.6) is 5.75 Å². The highest BCUT2D eigenvalue weighted by Crippen LogP contribution is 2.35. The van der Waals surface area contributed by atoms with E-state index in [-0.39, 0.29) is 11.7 Å². The van der Waals surface area contributed by atoms with E-state index in [1.54, 1.807) is 12.1 Å². The van der Waals surface area contributed by atoms with Crippen molar-refractivity contribution in [1.29, 1.82) is 0 Å². The molecule has 0 bridgehead atoms. The van der Waals surface area contributed by atoms with Gasteiger partial charge in [0.05, 0.1) is 7.11 Å². The molecular formula is C22H19NO3. The number of benzene rings is 2. The molecule has 0 fully saturated rings. The number of aromatic nitrogens is 1. The third-order valence-corrected chi connectivity index (χ3v) is 4.72. The number of phenolic OH excluding ortho intramolecular Hbond substituents is 1. The van der Waals surface area contributed by atoms with Crippen molar-refractivity contribution in [3.05, 3.63) is 77.1 Å². The lowest BCUT2D eigenvalue weighted by atomic mass is 10.0. The molecule has 3 aromatic rings. The molecule has 1 aliphatic rings. The van der Waals surface area contributed by atoms with Crippen molar-refractivity contribution < 1.29 is 14.6 Å². The number of aromatic hydroxyl groups is 1. The zero-order valence-electron chi connectivity index (χ0n) is 14.5. The first-order valence-corrected chi connectivity index (χ1v) is 8.54. The van der Waals surface area contributed by atoms with Crippen molar-refractivity contribution in [2.75, 3.05) is 7.11 Å². The van der Waals surface area contributed by atoms with Crippen LogP contribution < -0.4 is 0 Å². The lowest BCUT2D eigenvalue weighted by molar-refractivity contribution is 0.0594. The van der Waals surface area contributed by atoms with Crippen molar-refractivity contribution in [2.24, 2.45) is 0 Å². The first-order chi connectivity index (χ1) is 12.6. The Morgan fingerprint density at radius 2 is 1.88 bits per heavy atom. The third kappa shape index (κ3) is 3.02. The number of carbonyl (C=O) groups excluding carboxylic acids is 1. The van der Waals surface area contributed by atoms with Crippen LogP contribution in [0, 0.1) is 0 Å². The average molecular weight is 345 g/mol. The molecule has 4 nitrogen and oxygen atoms in total. The predicted molar refractivity (Wildman–Crippen MR) is 102 cm³/mol. The Morgan fingerprint density at radius 3 is 2.65 bits per heavy atom. The van der Waals surface area contributed by atoms with Crippen LogP contribution in [0.2, 0.25) is 0 Å². The Bertz CT molecular complexity index is 996. The molecule has 0 atom stereocenters. The molecule has 4 heteroatoms. The number of aryl methyl sites for hydroxylation is 1.